The molecule has 1 unspecified atom stereocenters. The van der Waals surface area contributed by atoms with Crippen molar-refractivity contribution in [3.63, 3.8) is 0 Å². The molecule has 2 aromatic carbocycles. The van der Waals surface area contributed by atoms with Gasteiger partial charge in [-0.1, -0.05) is 18.2 Å². The molecule has 1 amide bonds. The van der Waals surface area contributed by atoms with Crippen molar-refractivity contribution in [3.8, 4) is 0 Å². The number of benzene rings is 2. The molecule has 1 aliphatic carbocycles. The SMILES string of the molecule is Cc1cccc2c1CCCC2NC(=O)c1ccc(S(C)(=O)=O)cc1. The summed E-state index contributed by atoms with van der Waals surface area (Å²) in [5, 5.41) is 3.09. The monoisotopic (exact) mass is 343 g/mol. The van der Waals surface area contributed by atoms with Crippen LogP contribution in [0.5, 0.6) is 0 Å². The molecule has 1 aliphatic rings. The molecular weight excluding hydrogens is 322 g/mol. The molecule has 0 heterocycles. The quantitative estimate of drug-likeness (QED) is 0.931. The van der Waals surface area contributed by atoms with Crippen molar-refractivity contribution < 1.29 is 13.2 Å². The minimum Gasteiger partial charge on any atom is -0.345 e. The third-order valence-electron chi connectivity index (χ3n) is 4.59. The van der Waals surface area contributed by atoms with Gasteiger partial charge in [0.25, 0.3) is 5.91 Å². The molecule has 24 heavy (non-hydrogen) atoms. The van der Waals surface area contributed by atoms with E-state index in [0.717, 1.165) is 25.5 Å². The van der Waals surface area contributed by atoms with Gasteiger partial charge in [-0.05, 0) is 67.1 Å². The van der Waals surface area contributed by atoms with Crippen molar-refractivity contribution in [2.75, 3.05) is 6.26 Å². The molecule has 1 atom stereocenters. The summed E-state index contributed by atoms with van der Waals surface area (Å²) in [7, 11) is -3.25. The number of amides is 1. The summed E-state index contributed by atoms with van der Waals surface area (Å²) in [5.41, 5.74) is 4.27. The molecule has 2 aromatic rings. The van der Waals surface area contributed by atoms with Crippen LogP contribution in [0.25, 0.3) is 0 Å². The van der Waals surface area contributed by atoms with E-state index in [1.165, 1.54) is 28.8 Å². The second-order valence-electron chi connectivity index (χ2n) is 6.36. The normalized spacial score (nSPS) is 17.2. The maximum absolute atomic E-state index is 12.5. The van der Waals surface area contributed by atoms with E-state index in [-0.39, 0.29) is 16.8 Å². The minimum atomic E-state index is -3.25. The fourth-order valence-corrected chi connectivity index (χ4v) is 3.91. The average molecular weight is 343 g/mol. The van der Waals surface area contributed by atoms with Crippen LogP contribution in [0.1, 0.15) is 45.9 Å². The van der Waals surface area contributed by atoms with Gasteiger partial charge >= 0.3 is 0 Å². The van der Waals surface area contributed by atoms with Gasteiger partial charge in [0.05, 0.1) is 10.9 Å². The highest BCUT2D eigenvalue weighted by Crippen LogP contribution is 2.31. The van der Waals surface area contributed by atoms with Crippen LogP contribution >= 0.6 is 0 Å². The zero-order valence-electron chi connectivity index (χ0n) is 13.9. The second-order valence-corrected chi connectivity index (χ2v) is 8.37. The molecule has 0 fully saturated rings. The van der Waals surface area contributed by atoms with Gasteiger partial charge in [-0.2, -0.15) is 0 Å². The summed E-state index contributed by atoms with van der Waals surface area (Å²) in [5.74, 6) is -0.172. The fraction of sp³-hybridized carbons (Fsp3) is 0.316. The number of nitrogens with one attached hydrogen (secondary N) is 1. The second kappa shape index (κ2) is 6.40. The number of rotatable bonds is 3. The van der Waals surface area contributed by atoms with Crippen molar-refractivity contribution in [2.45, 2.75) is 37.1 Å². The van der Waals surface area contributed by atoms with Gasteiger partial charge in [0, 0.05) is 11.8 Å². The summed E-state index contributed by atoms with van der Waals surface area (Å²) in [6, 6.07) is 12.3. The van der Waals surface area contributed by atoms with Crippen LogP contribution in [0.3, 0.4) is 0 Å². The van der Waals surface area contributed by atoms with E-state index in [4.69, 9.17) is 0 Å². The van der Waals surface area contributed by atoms with Gasteiger partial charge < -0.3 is 5.32 Å². The van der Waals surface area contributed by atoms with Gasteiger partial charge in [0.15, 0.2) is 9.84 Å². The Balaban J connectivity index is 1.80. The highest BCUT2D eigenvalue weighted by Gasteiger charge is 2.23. The Morgan fingerprint density at radius 3 is 2.50 bits per heavy atom. The Labute approximate surface area is 142 Å². The van der Waals surface area contributed by atoms with Crippen LogP contribution < -0.4 is 5.32 Å². The highest BCUT2D eigenvalue weighted by molar-refractivity contribution is 7.90. The van der Waals surface area contributed by atoms with Crippen LogP contribution in [0.15, 0.2) is 47.4 Å². The molecule has 0 saturated carbocycles. The standard InChI is InChI=1S/C19H21NO3S/c1-13-5-3-7-17-16(13)6-4-8-18(17)20-19(21)14-9-11-15(12-10-14)24(2,22)23/h3,5,7,9-12,18H,4,6,8H2,1-2H3,(H,20,21). The first-order valence-corrected chi connectivity index (χ1v) is 9.95. The zero-order chi connectivity index (χ0) is 17.3. The van der Waals surface area contributed by atoms with Crippen molar-refractivity contribution >= 4 is 15.7 Å². The third kappa shape index (κ3) is 3.36. The molecule has 0 bridgehead atoms. The van der Waals surface area contributed by atoms with E-state index >= 15 is 0 Å². The van der Waals surface area contributed by atoms with Crippen LogP contribution in [-0.2, 0) is 16.3 Å². The smallest absolute Gasteiger partial charge is 0.251 e. The lowest BCUT2D eigenvalue weighted by molar-refractivity contribution is 0.0932. The molecule has 4 nitrogen and oxygen atoms in total. The van der Waals surface area contributed by atoms with Crippen LogP contribution in [0, 0.1) is 6.92 Å². The number of aryl methyl sites for hydroxylation is 1. The minimum absolute atomic E-state index is 0.00994. The van der Waals surface area contributed by atoms with Gasteiger partial charge in [0.1, 0.15) is 0 Å². The lowest BCUT2D eigenvalue weighted by Gasteiger charge is -2.27. The first-order chi connectivity index (χ1) is 11.4. The lowest BCUT2D eigenvalue weighted by atomic mass is 9.85. The first-order valence-electron chi connectivity index (χ1n) is 8.05. The maximum Gasteiger partial charge on any atom is 0.251 e. The van der Waals surface area contributed by atoms with E-state index in [9.17, 15) is 13.2 Å². The van der Waals surface area contributed by atoms with Crippen molar-refractivity contribution in [1.29, 1.82) is 0 Å². The molecule has 0 spiro atoms. The number of fused-ring (bicyclic) bond motifs is 1. The number of carbonyl (C=O) groups is 1. The summed E-state index contributed by atoms with van der Waals surface area (Å²) < 4.78 is 23.0. The van der Waals surface area contributed by atoms with Gasteiger partial charge in [-0.25, -0.2) is 8.42 Å². The topological polar surface area (TPSA) is 63.2 Å². The van der Waals surface area contributed by atoms with Gasteiger partial charge in [-0.3, -0.25) is 4.79 Å². The Morgan fingerprint density at radius 2 is 1.83 bits per heavy atom. The van der Waals surface area contributed by atoms with Crippen LogP contribution in [0.4, 0.5) is 0 Å². The van der Waals surface area contributed by atoms with E-state index in [1.54, 1.807) is 12.1 Å². The number of carbonyl (C=O) groups excluding carboxylic acids is 1. The molecule has 0 aromatic heterocycles. The molecule has 3 rings (SSSR count). The predicted octanol–water partition coefficient (Wildman–Crippen LogP) is 3.21. The van der Waals surface area contributed by atoms with Crippen molar-refractivity contribution in [3.05, 3.63) is 64.7 Å². The van der Waals surface area contributed by atoms with Crippen molar-refractivity contribution in [1.82, 2.24) is 5.32 Å². The maximum atomic E-state index is 12.5. The molecule has 126 valence electrons. The Bertz CT molecular complexity index is 870. The molecular formula is C19H21NO3S. The summed E-state index contributed by atoms with van der Waals surface area (Å²) in [6.45, 7) is 2.10. The van der Waals surface area contributed by atoms with E-state index in [2.05, 4.69) is 24.4 Å². The molecule has 0 aliphatic heterocycles. The summed E-state index contributed by atoms with van der Waals surface area (Å²) in [6.07, 6.45) is 4.18. The molecule has 5 heteroatoms. The number of hydrogen-bond acceptors (Lipinski definition) is 3. The largest absolute Gasteiger partial charge is 0.345 e. The molecule has 0 saturated heterocycles. The Kier molecular flexibility index (Phi) is 4.45. The molecule has 1 N–H and O–H groups in total. The summed E-state index contributed by atoms with van der Waals surface area (Å²) in [4.78, 5) is 12.7. The van der Waals surface area contributed by atoms with E-state index < -0.39 is 9.84 Å². The van der Waals surface area contributed by atoms with E-state index in [1.807, 2.05) is 6.07 Å². The Morgan fingerprint density at radius 1 is 1.12 bits per heavy atom. The zero-order valence-corrected chi connectivity index (χ0v) is 14.7. The van der Waals surface area contributed by atoms with E-state index in [0.29, 0.717) is 5.56 Å². The average Bonchev–Trinajstić information content (AvgIpc) is 2.55. The van der Waals surface area contributed by atoms with Gasteiger partial charge in [0.2, 0.25) is 0 Å². The van der Waals surface area contributed by atoms with Crippen molar-refractivity contribution in [2.24, 2.45) is 0 Å². The fourth-order valence-electron chi connectivity index (χ4n) is 3.28. The molecule has 0 radical (unpaired) electrons. The van der Waals surface area contributed by atoms with Gasteiger partial charge in [-0.15, -0.1) is 0 Å². The third-order valence-corrected chi connectivity index (χ3v) is 5.72. The number of sulfone groups is 1. The predicted molar refractivity (Wildman–Crippen MR) is 93.9 cm³/mol. The highest BCUT2D eigenvalue weighted by atomic mass is 32.2. The first kappa shape index (κ1) is 16.7. The van der Waals surface area contributed by atoms with Crippen LogP contribution in [0.2, 0.25) is 0 Å². The number of hydrogen-bond donors (Lipinski definition) is 1. The Hall–Kier alpha value is -2.14. The lowest BCUT2D eigenvalue weighted by Crippen LogP contribution is -2.31. The summed E-state index contributed by atoms with van der Waals surface area (Å²) >= 11 is 0. The van der Waals surface area contributed by atoms with Crippen LogP contribution in [-0.4, -0.2) is 20.6 Å².